The Kier molecular flexibility index (Phi) is 3.68. The van der Waals surface area contributed by atoms with Crippen LogP contribution in [0, 0.1) is 0 Å². The highest BCUT2D eigenvalue weighted by Gasteiger charge is 2.07. The van der Waals surface area contributed by atoms with Gasteiger partial charge in [-0.05, 0) is 17.7 Å². The molecule has 0 unspecified atom stereocenters. The van der Waals surface area contributed by atoms with E-state index in [1.807, 2.05) is 0 Å². The molecule has 0 spiro atoms. The first-order valence-corrected chi connectivity index (χ1v) is 4.33. The number of carboxylic acid groups (broad SMARTS) is 1. The molecule has 3 nitrogen and oxygen atoms in total. The normalized spacial score (nSPS) is 10.7. The van der Waals surface area contributed by atoms with Crippen LogP contribution in [0.5, 0.6) is 0 Å². The number of benzene rings is 1. The van der Waals surface area contributed by atoms with Gasteiger partial charge in [0.25, 0.3) is 0 Å². The van der Waals surface area contributed by atoms with Gasteiger partial charge in [0.2, 0.25) is 0 Å². The molecule has 1 rings (SSSR count). The van der Waals surface area contributed by atoms with Crippen molar-refractivity contribution in [3.05, 3.63) is 40.4 Å². The van der Waals surface area contributed by atoms with Crippen molar-refractivity contribution in [3.63, 3.8) is 0 Å². The predicted molar refractivity (Wildman–Crippen MR) is 54.5 cm³/mol. The molecule has 74 valence electrons. The zero-order chi connectivity index (χ0) is 10.6. The number of hydrogen-bond donors (Lipinski definition) is 2. The highest BCUT2D eigenvalue weighted by Crippen LogP contribution is 2.17. The molecule has 14 heavy (non-hydrogen) atoms. The fourth-order valence-electron chi connectivity index (χ4n) is 1.04. The summed E-state index contributed by atoms with van der Waals surface area (Å²) in [5.74, 6) is -1.04. The maximum Gasteiger partial charge on any atom is 0.336 e. The number of aliphatic hydroxyl groups is 1. The summed E-state index contributed by atoms with van der Waals surface area (Å²) in [4.78, 5) is 10.8. The first-order chi connectivity index (χ1) is 6.65. The van der Waals surface area contributed by atoms with Crippen LogP contribution < -0.4 is 0 Å². The summed E-state index contributed by atoms with van der Waals surface area (Å²) in [5, 5.41) is 17.8. The maximum atomic E-state index is 10.8. The van der Waals surface area contributed by atoms with Gasteiger partial charge in [0.1, 0.15) is 0 Å². The van der Waals surface area contributed by atoms with Crippen molar-refractivity contribution in [2.24, 2.45) is 0 Å². The second-order valence-corrected chi connectivity index (χ2v) is 3.06. The molecule has 0 aromatic heterocycles. The van der Waals surface area contributed by atoms with Crippen LogP contribution in [0.25, 0.3) is 6.08 Å². The summed E-state index contributed by atoms with van der Waals surface area (Å²) in [6, 6.07) is 4.57. The molecule has 0 aliphatic rings. The lowest BCUT2D eigenvalue weighted by Gasteiger charge is -2.01. The fourth-order valence-corrected chi connectivity index (χ4v) is 1.21. The van der Waals surface area contributed by atoms with Crippen molar-refractivity contribution >= 4 is 23.6 Å². The van der Waals surface area contributed by atoms with Crippen LogP contribution in [0.3, 0.4) is 0 Å². The number of carboxylic acids is 1. The summed E-state index contributed by atoms with van der Waals surface area (Å²) < 4.78 is 0. The molecular formula is C10H9ClO3. The minimum Gasteiger partial charge on any atom is -0.478 e. The zero-order valence-electron chi connectivity index (χ0n) is 7.27. The first-order valence-electron chi connectivity index (χ1n) is 3.95. The van der Waals surface area contributed by atoms with E-state index < -0.39 is 5.97 Å². The van der Waals surface area contributed by atoms with Gasteiger partial charge in [0, 0.05) is 5.02 Å². The Labute approximate surface area is 86.3 Å². The first kappa shape index (κ1) is 10.8. The van der Waals surface area contributed by atoms with E-state index in [1.165, 1.54) is 12.1 Å². The van der Waals surface area contributed by atoms with E-state index in [2.05, 4.69) is 0 Å². The van der Waals surface area contributed by atoms with Gasteiger partial charge in [-0.25, -0.2) is 4.79 Å². The maximum absolute atomic E-state index is 10.8. The van der Waals surface area contributed by atoms with Crippen molar-refractivity contribution in [1.82, 2.24) is 0 Å². The number of halogens is 1. The van der Waals surface area contributed by atoms with E-state index in [9.17, 15) is 4.79 Å². The van der Waals surface area contributed by atoms with E-state index in [1.54, 1.807) is 18.2 Å². The minimum absolute atomic E-state index is 0.123. The van der Waals surface area contributed by atoms with Crippen molar-refractivity contribution in [2.45, 2.75) is 0 Å². The van der Waals surface area contributed by atoms with Crippen LogP contribution in [0.4, 0.5) is 0 Å². The Hall–Kier alpha value is -1.32. The van der Waals surface area contributed by atoms with Gasteiger partial charge in [-0.1, -0.05) is 29.8 Å². The molecule has 0 bridgehead atoms. The lowest BCUT2D eigenvalue weighted by atomic mass is 10.1. The Bertz CT molecular complexity index is 372. The summed E-state index contributed by atoms with van der Waals surface area (Å²) >= 11 is 5.66. The number of hydrogen-bond acceptors (Lipinski definition) is 2. The van der Waals surface area contributed by atoms with Crippen LogP contribution >= 0.6 is 11.6 Å². The van der Waals surface area contributed by atoms with Gasteiger partial charge in [-0.3, -0.25) is 0 Å². The van der Waals surface area contributed by atoms with Crippen LogP contribution in [0.15, 0.2) is 24.3 Å². The summed E-state index contributed by atoms with van der Waals surface area (Å²) in [6.45, 7) is -0.123. The Morgan fingerprint density at radius 1 is 1.50 bits per heavy atom. The largest absolute Gasteiger partial charge is 0.478 e. The number of rotatable bonds is 3. The van der Waals surface area contributed by atoms with Crippen molar-refractivity contribution in [1.29, 1.82) is 0 Å². The topological polar surface area (TPSA) is 57.5 Å². The summed E-state index contributed by atoms with van der Waals surface area (Å²) in [7, 11) is 0. The average molecular weight is 213 g/mol. The molecule has 0 aliphatic carbocycles. The molecule has 0 aliphatic heterocycles. The van der Waals surface area contributed by atoms with E-state index in [-0.39, 0.29) is 12.2 Å². The molecule has 0 radical (unpaired) electrons. The molecule has 1 aromatic carbocycles. The number of aromatic carboxylic acids is 1. The summed E-state index contributed by atoms with van der Waals surface area (Å²) in [5.41, 5.74) is 0.651. The van der Waals surface area contributed by atoms with E-state index in [4.69, 9.17) is 21.8 Å². The second-order valence-electron chi connectivity index (χ2n) is 2.62. The van der Waals surface area contributed by atoms with Crippen LogP contribution in [0.1, 0.15) is 15.9 Å². The standard InChI is InChI=1S/C10H9ClO3/c11-8-4-3-7(2-1-5-12)9(6-8)10(13)14/h1-4,6,12H,5H2,(H,13,14)/b2-1-. The van der Waals surface area contributed by atoms with E-state index in [0.717, 1.165) is 0 Å². The van der Waals surface area contributed by atoms with Crippen molar-refractivity contribution < 1.29 is 15.0 Å². The predicted octanol–water partition coefficient (Wildman–Crippen LogP) is 2.04. The Morgan fingerprint density at radius 3 is 2.79 bits per heavy atom. The monoisotopic (exact) mass is 212 g/mol. The third-order valence-corrected chi connectivity index (χ3v) is 1.88. The van der Waals surface area contributed by atoms with Gasteiger partial charge in [-0.2, -0.15) is 0 Å². The Balaban J connectivity index is 3.15. The van der Waals surface area contributed by atoms with Crippen molar-refractivity contribution in [3.8, 4) is 0 Å². The molecular weight excluding hydrogens is 204 g/mol. The zero-order valence-corrected chi connectivity index (χ0v) is 8.03. The van der Waals surface area contributed by atoms with Crippen LogP contribution in [-0.4, -0.2) is 22.8 Å². The molecule has 0 fully saturated rings. The molecule has 2 N–H and O–H groups in total. The van der Waals surface area contributed by atoms with Crippen LogP contribution in [0.2, 0.25) is 5.02 Å². The highest BCUT2D eigenvalue weighted by atomic mass is 35.5. The van der Waals surface area contributed by atoms with Gasteiger partial charge in [0.15, 0.2) is 0 Å². The third kappa shape index (κ3) is 2.58. The molecule has 0 atom stereocenters. The molecule has 0 saturated carbocycles. The lowest BCUT2D eigenvalue weighted by molar-refractivity contribution is 0.0696. The molecule has 1 aromatic rings. The van der Waals surface area contributed by atoms with Gasteiger partial charge in [0.05, 0.1) is 12.2 Å². The highest BCUT2D eigenvalue weighted by molar-refractivity contribution is 6.31. The summed E-state index contributed by atoms with van der Waals surface area (Å²) in [6.07, 6.45) is 3.01. The molecule has 0 heterocycles. The van der Waals surface area contributed by atoms with Gasteiger partial charge in [-0.15, -0.1) is 0 Å². The lowest BCUT2D eigenvalue weighted by Crippen LogP contribution is -1.99. The van der Waals surface area contributed by atoms with E-state index in [0.29, 0.717) is 10.6 Å². The van der Waals surface area contributed by atoms with Crippen LogP contribution in [-0.2, 0) is 0 Å². The van der Waals surface area contributed by atoms with Crippen molar-refractivity contribution in [2.75, 3.05) is 6.61 Å². The minimum atomic E-state index is -1.04. The average Bonchev–Trinajstić information content (AvgIpc) is 2.15. The number of aliphatic hydroxyl groups excluding tert-OH is 1. The van der Waals surface area contributed by atoms with Gasteiger partial charge < -0.3 is 10.2 Å². The molecule has 0 saturated heterocycles. The van der Waals surface area contributed by atoms with E-state index >= 15 is 0 Å². The second kappa shape index (κ2) is 4.79. The molecule has 0 amide bonds. The molecule has 4 heteroatoms. The van der Waals surface area contributed by atoms with Gasteiger partial charge >= 0.3 is 5.97 Å². The third-order valence-electron chi connectivity index (χ3n) is 1.65. The Morgan fingerprint density at radius 2 is 2.21 bits per heavy atom. The smallest absolute Gasteiger partial charge is 0.336 e. The number of carbonyl (C=O) groups is 1. The fraction of sp³-hybridized carbons (Fsp3) is 0.100. The SMILES string of the molecule is O=C(O)c1cc(Cl)ccc1/C=C\CO. The quantitative estimate of drug-likeness (QED) is 0.806.